The molecule has 2 rings (SSSR count). The third kappa shape index (κ3) is 1.29. The van der Waals surface area contributed by atoms with Crippen LogP contribution in [0.3, 0.4) is 0 Å². The summed E-state index contributed by atoms with van der Waals surface area (Å²) < 4.78 is 0. The van der Waals surface area contributed by atoms with Crippen molar-refractivity contribution in [3.8, 4) is 0 Å². The van der Waals surface area contributed by atoms with Crippen LogP contribution in [0, 0.1) is 11.8 Å². The standard InChI is InChI=1S/C11H13NO2/c1-2-7-6-12-11(14)8-4-3-5-9(13)10(7)8/h2,6,8,10H,1,3-5H2,(H,12,14). The van der Waals surface area contributed by atoms with Gasteiger partial charge >= 0.3 is 0 Å². The Balaban J connectivity index is 2.36. The van der Waals surface area contributed by atoms with E-state index in [0.717, 1.165) is 18.4 Å². The van der Waals surface area contributed by atoms with Crippen LogP contribution in [0.25, 0.3) is 0 Å². The van der Waals surface area contributed by atoms with E-state index >= 15 is 0 Å². The second-order valence-corrected chi connectivity index (χ2v) is 3.80. The number of hydrogen-bond donors (Lipinski definition) is 1. The van der Waals surface area contributed by atoms with Crippen LogP contribution in [0.15, 0.2) is 24.4 Å². The first kappa shape index (κ1) is 9.19. The summed E-state index contributed by atoms with van der Waals surface area (Å²) in [6.45, 7) is 3.66. The lowest BCUT2D eigenvalue weighted by Crippen LogP contribution is -2.43. The van der Waals surface area contributed by atoms with Gasteiger partial charge in [0.15, 0.2) is 0 Å². The van der Waals surface area contributed by atoms with Gasteiger partial charge in [0.2, 0.25) is 5.91 Å². The van der Waals surface area contributed by atoms with Crippen molar-refractivity contribution in [2.45, 2.75) is 19.3 Å². The Bertz CT molecular complexity index is 330. The largest absolute Gasteiger partial charge is 0.332 e. The Kier molecular flexibility index (Phi) is 2.23. The van der Waals surface area contributed by atoms with E-state index < -0.39 is 0 Å². The molecule has 0 aromatic rings. The molecule has 1 fully saturated rings. The number of ketones is 1. The number of hydrogen-bond acceptors (Lipinski definition) is 2. The van der Waals surface area contributed by atoms with Crippen LogP contribution < -0.4 is 5.32 Å². The van der Waals surface area contributed by atoms with E-state index in [0.29, 0.717) is 6.42 Å². The van der Waals surface area contributed by atoms with Gasteiger partial charge in [0.25, 0.3) is 0 Å². The summed E-state index contributed by atoms with van der Waals surface area (Å²) in [6, 6.07) is 0. The van der Waals surface area contributed by atoms with Crippen molar-refractivity contribution in [2.75, 3.05) is 0 Å². The topological polar surface area (TPSA) is 46.2 Å². The summed E-state index contributed by atoms with van der Waals surface area (Å²) in [6.07, 6.45) is 5.52. The molecule has 0 radical (unpaired) electrons. The van der Waals surface area contributed by atoms with Gasteiger partial charge in [-0.05, 0) is 18.4 Å². The molecule has 3 nitrogen and oxygen atoms in total. The molecule has 0 saturated heterocycles. The summed E-state index contributed by atoms with van der Waals surface area (Å²) in [4.78, 5) is 23.2. The van der Waals surface area contributed by atoms with E-state index in [1.54, 1.807) is 12.3 Å². The lowest BCUT2D eigenvalue weighted by Gasteiger charge is -2.33. The highest BCUT2D eigenvalue weighted by atomic mass is 16.2. The van der Waals surface area contributed by atoms with E-state index in [9.17, 15) is 9.59 Å². The number of rotatable bonds is 1. The zero-order valence-corrected chi connectivity index (χ0v) is 7.95. The van der Waals surface area contributed by atoms with Crippen molar-refractivity contribution >= 4 is 11.7 Å². The fourth-order valence-electron chi connectivity index (χ4n) is 2.28. The molecule has 1 amide bonds. The maximum atomic E-state index is 11.7. The van der Waals surface area contributed by atoms with E-state index in [-0.39, 0.29) is 23.5 Å². The lowest BCUT2D eigenvalue weighted by molar-refractivity contribution is -0.135. The van der Waals surface area contributed by atoms with Crippen molar-refractivity contribution in [1.82, 2.24) is 5.32 Å². The molecular formula is C11H13NO2. The average Bonchev–Trinajstić information content (AvgIpc) is 2.20. The maximum Gasteiger partial charge on any atom is 0.228 e. The maximum absolute atomic E-state index is 11.7. The molecule has 14 heavy (non-hydrogen) atoms. The number of amides is 1. The van der Waals surface area contributed by atoms with Gasteiger partial charge in [0.05, 0.1) is 11.8 Å². The molecule has 1 saturated carbocycles. The predicted octanol–water partition coefficient (Wildman–Crippen LogP) is 1.17. The highest BCUT2D eigenvalue weighted by Crippen LogP contribution is 2.35. The number of fused-ring (bicyclic) bond motifs is 1. The van der Waals surface area contributed by atoms with Crippen LogP contribution >= 0.6 is 0 Å². The van der Waals surface area contributed by atoms with Crippen LogP contribution in [0.1, 0.15) is 19.3 Å². The molecule has 2 atom stereocenters. The number of nitrogens with one attached hydrogen (secondary N) is 1. The molecule has 1 aliphatic heterocycles. The fraction of sp³-hybridized carbons (Fsp3) is 0.455. The zero-order valence-electron chi connectivity index (χ0n) is 7.95. The normalized spacial score (nSPS) is 31.6. The molecular weight excluding hydrogens is 178 g/mol. The summed E-state index contributed by atoms with van der Waals surface area (Å²) in [7, 11) is 0. The summed E-state index contributed by atoms with van der Waals surface area (Å²) in [5.74, 6) is -0.222. The number of carbonyl (C=O) groups is 2. The molecule has 1 aliphatic carbocycles. The molecule has 0 aromatic carbocycles. The Labute approximate surface area is 82.9 Å². The molecule has 3 heteroatoms. The van der Waals surface area contributed by atoms with Crippen LogP contribution in [0.2, 0.25) is 0 Å². The van der Waals surface area contributed by atoms with Gasteiger partial charge in [0.1, 0.15) is 5.78 Å². The quantitative estimate of drug-likeness (QED) is 0.676. The molecule has 2 aliphatic rings. The van der Waals surface area contributed by atoms with Crippen molar-refractivity contribution in [2.24, 2.45) is 11.8 Å². The SMILES string of the molecule is C=CC1=CNC(=O)C2CCCC(=O)C12. The predicted molar refractivity (Wildman–Crippen MR) is 52.3 cm³/mol. The van der Waals surface area contributed by atoms with Crippen molar-refractivity contribution in [3.05, 3.63) is 24.4 Å². The summed E-state index contributed by atoms with van der Waals surface area (Å²) in [5, 5.41) is 2.68. The van der Waals surface area contributed by atoms with E-state index in [4.69, 9.17) is 0 Å². The molecule has 0 spiro atoms. The second kappa shape index (κ2) is 3.40. The Morgan fingerprint density at radius 1 is 1.50 bits per heavy atom. The monoisotopic (exact) mass is 191 g/mol. The first-order chi connectivity index (χ1) is 6.74. The van der Waals surface area contributed by atoms with Gasteiger partial charge in [-0.1, -0.05) is 12.7 Å². The molecule has 2 unspecified atom stereocenters. The number of allylic oxidation sites excluding steroid dienone is 2. The van der Waals surface area contributed by atoms with Gasteiger partial charge in [-0.15, -0.1) is 0 Å². The minimum absolute atomic E-state index is 0.0198. The molecule has 1 heterocycles. The zero-order chi connectivity index (χ0) is 10.1. The minimum Gasteiger partial charge on any atom is -0.332 e. The number of Topliss-reactive ketones (excluding diaryl/α,β-unsaturated/α-hetero) is 1. The summed E-state index contributed by atoms with van der Waals surface area (Å²) in [5.41, 5.74) is 0.860. The Morgan fingerprint density at radius 3 is 3.00 bits per heavy atom. The van der Waals surface area contributed by atoms with Crippen LogP contribution in [0.4, 0.5) is 0 Å². The lowest BCUT2D eigenvalue weighted by atomic mass is 9.72. The van der Waals surface area contributed by atoms with Gasteiger partial charge in [-0.3, -0.25) is 9.59 Å². The Hall–Kier alpha value is -1.38. The highest BCUT2D eigenvalue weighted by molar-refractivity contribution is 5.94. The van der Waals surface area contributed by atoms with Gasteiger partial charge < -0.3 is 5.32 Å². The third-order valence-electron chi connectivity index (χ3n) is 3.00. The first-order valence-corrected chi connectivity index (χ1v) is 4.89. The fourth-order valence-corrected chi connectivity index (χ4v) is 2.28. The van der Waals surface area contributed by atoms with Gasteiger partial charge in [-0.2, -0.15) is 0 Å². The van der Waals surface area contributed by atoms with Crippen LogP contribution in [-0.4, -0.2) is 11.7 Å². The van der Waals surface area contributed by atoms with Crippen LogP contribution in [0.5, 0.6) is 0 Å². The van der Waals surface area contributed by atoms with E-state index in [1.807, 2.05) is 0 Å². The first-order valence-electron chi connectivity index (χ1n) is 4.89. The van der Waals surface area contributed by atoms with E-state index in [1.165, 1.54) is 0 Å². The number of carbonyl (C=O) groups excluding carboxylic acids is 2. The molecule has 74 valence electrons. The van der Waals surface area contributed by atoms with E-state index in [2.05, 4.69) is 11.9 Å². The summed E-state index contributed by atoms with van der Waals surface area (Å²) >= 11 is 0. The smallest absolute Gasteiger partial charge is 0.228 e. The molecule has 0 bridgehead atoms. The van der Waals surface area contributed by atoms with Crippen molar-refractivity contribution in [1.29, 1.82) is 0 Å². The van der Waals surface area contributed by atoms with Crippen molar-refractivity contribution in [3.63, 3.8) is 0 Å². The second-order valence-electron chi connectivity index (χ2n) is 3.80. The third-order valence-corrected chi connectivity index (χ3v) is 3.00. The molecule has 1 N–H and O–H groups in total. The highest BCUT2D eigenvalue weighted by Gasteiger charge is 2.39. The van der Waals surface area contributed by atoms with Crippen molar-refractivity contribution < 1.29 is 9.59 Å². The molecule has 0 aromatic heterocycles. The van der Waals surface area contributed by atoms with Gasteiger partial charge in [-0.25, -0.2) is 0 Å². The van der Waals surface area contributed by atoms with Crippen LogP contribution in [-0.2, 0) is 9.59 Å². The Morgan fingerprint density at radius 2 is 2.29 bits per heavy atom. The minimum atomic E-state index is -0.227. The average molecular weight is 191 g/mol. The van der Waals surface area contributed by atoms with Gasteiger partial charge in [0, 0.05) is 12.6 Å².